The third-order valence-corrected chi connectivity index (χ3v) is 6.07. The van der Waals surface area contributed by atoms with Gasteiger partial charge < -0.3 is 23.9 Å². The monoisotopic (exact) mass is 501 g/mol. The molecule has 37 heavy (non-hydrogen) atoms. The summed E-state index contributed by atoms with van der Waals surface area (Å²) >= 11 is 0. The number of benzene rings is 3. The van der Waals surface area contributed by atoms with Crippen molar-refractivity contribution in [2.24, 2.45) is 0 Å². The van der Waals surface area contributed by atoms with Gasteiger partial charge in [-0.1, -0.05) is 12.1 Å². The van der Waals surface area contributed by atoms with Crippen LogP contribution in [0, 0.1) is 6.92 Å². The zero-order chi connectivity index (χ0) is 26.7. The molecule has 0 saturated heterocycles. The number of anilines is 1. The van der Waals surface area contributed by atoms with Crippen LogP contribution in [0.2, 0.25) is 0 Å². The number of Topliss-reactive ketones (excluding diaryl/α,β-unsaturated/α-hetero) is 1. The molecule has 0 saturated carbocycles. The summed E-state index contributed by atoms with van der Waals surface area (Å²) in [6, 6.07) is 15.9. The highest BCUT2D eigenvalue weighted by Crippen LogP contribution is 2.36. The molecular formula is C29H27NO7. The van der Waals surface area contributed by atoms with Crippen LogP contribution in [0.4, 0.5) is 5.69 Å². The van der Waals surface area contributed by atoms with Gasteiger partial charge in [-0.05, 0) is 55.0 Å². The largest absolute Gasteiger partial charge is 0.497 e. The van der Waals surface area contributed by atoms with Crippen molar-refractivity contribution in [3.8, 4) is 28.4 Å². The Labute approximate surface area is 213 Å². The Kier molecular flexibility index (Phi) is 7.29. The maximum atomic E-state index is 13.3. The minimum absolute atomic E-state index is 0.156. The van der Waals surface area contributed by atoms with Crippen molar-refractivity contribution in [3.05, 3.63) is 81.7 Å². The van der Waals surface area contributed by atoms with Crippen LogP contribution in [0.25, 0.3) is 22.1 Å². The smallest absolute Gasteiger partial charge is 0.339 e. The van der Waals surface area contributed by atoms with Gasteiger partial charge in [0.15, 0.2) is 5.78 Å². The number of ether oxygens (including phenoxy) is 3. The second-order valence-electron chi connectivity index (χ2n) is 8.48. The Bertz CT molecular complexity index is 1570. The van der Waals surface area contributed by atoms with Crippen molar-refractivity contribution < 1.29 is 28.2 Å². The summed E-state index contributed by atoms with van der Waals surface area (Å²) in [6.07, 6.45) is -0.156. The van der Waals surface area contributed by atoms with Crippen LogP contribution in [0.1, 0.15) is 28.4 Å². The Morgan fingerprint density at radius 3 is 2.35 bits per heavy atom. The van der Waals surface area contributed by atoms with Crippen LogP contribution >= 0.6 is 0 Å². The summed E-state index contributed by atoms with van der Waals surface area (Å²) in [6.45, 7) is 3.11. The van der Waals surface area contributed by atoms with Crippen molar-refractivity contribution in [1.82, 2.24) is 0 Å². The highest BCUT2D eigenvalue weighted by Gasteiger charge is 2.19. The number of carbonyl (C=O) groups is 2. The van der Waals surface area contributed by atoms with Gasteiger partial charge in [-0.15, -0.1) is 0 Å². The molecule has 0 unspecified atom stereocenters. The molecule has 0 aliphatic carbocycles. The summed E-state index contributed by atoms with van der Waals surface area (Å²) in [4.78, 5) is 37.7. The number of methoxy groups -OCH3 is 3. The van der Waals surface area contributed by atoms with Crippen LogP contribution in [-0.2, 0) is 11.2 Å². The van der Waals surface area contributed by atoms with Gasteiger partial charge in [-0.25, -0.2) is 4.79 Å². The molecule has 8 heteroatoms. The SMILES string of the molecule is COc1cccc(-c2cc(C(=O)Cc3cc4cc(OC)c(NC(C)=O)c(C)c4oc3=O)ccc2OC)c1. The minimum Gasteiger partial charge on any atom is -0.497 e. The number of amides is 1. The van der Waals surface area contributed by atoms with Crippen molar-refractivity contribution in [2.75, 3.05) is 26.6 Å². The van der Waals surface area contributed by atoms with E-state index in [9.17, 15) is 14.4 Å². The van der Waals surface area contributed by atoms with Crippen molar-refractivity contribution in [2.45, 2.75) is 20.3 Å². The highest BCUT2D eigenvalue weighted by molar-refractivity contribution is 6.00. The lowest BCUT2D eigenvalue weighted by Gasteiger charge is -2.14. The molecule has 0 aliphatic heterocycles. The fourth-order valence-corrected chi connectivity index (χ4v) is 4.23. The molecule has 1 amide bonds. The van der Waals surface area contributed by atoms with E-state index in [0.29, 0.717) is 45.0 Å². The molecule has 0 atom stereocenters. The topological polar surface area (TPSA) is 104 Å². The van der Waals surface area contributed by atoms with Gasteiger partial charge in [0.2, 0.25) is 5.91 Å². The molecule has 0 bridgehead atoms. The molecule has 0 spiro atoms. The second kappa shape index (κ2) is 10.6. The molecule has 190 valence electrons. The van der Waals surface area contributed by atoms with Crippen LogP contribution in [-0.4, -0.2) is 33.0 Å². The molecule has 0 fully saturated rings. The van der Waals surface area contributed by atoms with Crippen LogP contribution in [0.15, 0.2) is 63.8 Å². The van der Waals surface area contributed by atoms with E-state index < -0.39 is 5.63 Å². The van der Waals surface area contributed by atoms with Gasteiger partial charge >= 0.3 is 5.63 Å². The first-order valence-corrected chi connectivity index (χ1v) is 11.5. The maximum Gasteiger partial charge on any atom is 0.339 e. The van der Waals surface area contributed by atoms with E-state index in [2.05, 4.69) is 5.32 Å². The van der Waals surface area contributed by atoms with Gasteiger partial charge in [0, 0.05) is 41.0 Å². The summed E-state index contributed by atoms with van der Waals surface area (Å²) in [5.74, 6) is 1.17. The Morgan fingerprint density at radius 1 is 0.919 bits per heavy atom. The van der Waals surface area contributed by atoms with Gasteiger partial charge in [0.25, 0.3) is 0 Å². The van der Waals surface area contributed by atoms with Crippen LogP contribution in [0.3, 0.4) is 0 Å². The molecule has 1 heterocycles. The lowest BCUT2D eigenvalue weighted by molar-refractivity contribution is -0.114. The van der Waals surface area contributed by atoms with E-state index in [0.717, 1.165) is 11.1 Å². The molecule has 1 N–H and O–H groups in total. The minimum atomic E-state index is -0.621. The van der Waals surface area contributed by atoms with Crippen LogP contribution < -0.4 is 25.2 Å². The number of rotatable bonds is 8. The summed E-state index contributed by atoms with van der Waals surface area (Å²) in [5, 5.41) is 3.29. The van der Waals surface area contributed by atoms with Gasteiger partial charge in [-0.2, -0.15) is 0 Å². The van der Waals surface area contributed by atoms with Crippen LogP contribution in [0.5, 0.6) is 17.2 Å². The summed E-state index contributed by atoms with van der Waals surface area (Å²) in [7, 11) is 4.64. The zero-order valence-corrected chi connectivity index (χ0v) is 21.3. The maximum absolute atomic E-state index is 13.3. The van der Waals surface area contributed by atoms with Crippen molar-refractivity contribution in [1.29, 1.82) is 0 Å². The second-order valence-corrected chi connectivity index (χ2v) is 8.48. The lowest BCUT2D eigenvalue weighted by Crippen LogP contribution is -2.14. The number of carbonyl (C=O) groups excluding carboxylic acids is 2. The quantitative estimate of drug-likeness (QED) is 0.262. The average Bonchev–Trinajstić information content (AvgIpc) is 2.90. The number of hydrogen-bond donors (Lipinski definition) is 1. The molecule has 3 aromatic carbocycles. The van der Waals surface area contributed by atoms with E-state index in [1.165, 1.54) is 14.0 Å². The normalized spacial score (nSPS) is 10.7. The first kappa shape index (κ1) is 25.5. The zero-order valence-electron chi connectivity index (χ0n) is 21.3. The number of ketones is 1. The third-order valence-electron chi connectivity index (χ3n) is 6.07. The van der Waals surface area contributed by atoms with Crippen molar-refractivity contribution in [3.63, 3.8) is 0 Å². The lowest BCUT2D eigenvalue weighted by atomic mass is 9.97. The first-order valence-electron chi connectivity index (χ1n) is 11.5. The molecule has 4 aromatic rings. The molecular weight excluding hydrogens is 474 g/mol. The number of nitrogens with one attached hydrogen (secondary N) is 1. The number of aryl methyl sites for hydroxylation is 1. The highest BCUT2D eigenvalue weighted by atomic mass is 16.5. The van der Waals surface area contributed by atoms with Crippen molar-refractivity contribution >= 4 is 28.3 Å². The molecule has 1 aromatic heterocycles. The standard InChI is InChI=1S/C29H27NO7/c1-16-27(30-17(2)31)26(36-5)15-20-11-21(29(33)37-28(16)20)14-24(32)19-9-10-25(35-4)23(13-19)18-7-6-8-22(12-18)34-3/h6-13,15H,14H2,1-5H3,(H,30,31). The predicted octanol–water partition coefficient (Wildman–Crippen LogP) is 5.18. The van der Waals surface area contributed by atoms with E-state index >= 15 is 0 Å². The Hall–Kier alpha value is -4.59. The van der Waals surface area contributed by atoms with E-state index in [-0.39, 0.29) is 23.7 Å². The van der Waals surface area contributed by atoms with E-state index in [1.807, 2.05) is 24.3 Å². The van der Waals surface area contributed by atoms with E-state index in [1.54, 1.807) is 51.5 Å². The van der Waals surface area contributed by atoms with Gasteiger partial charge in [0.05, 0.1) is 27.0 Å². The predicted molar refractivity (Wildman–Crippen MR) is 141 cm³/mol. The third kappa shape index (κ3) is 5.18. The Balaban J connectivity index is 1.72. The first-order chi connectivity index (χ1) is 17.7. The fourth-order valence-electron chi connectivity index (χ4n) is 4.23. The van der Waals surface area contributed by atoms with Gasteiger partial charge in [0.1, 0.15) is 22.8 Å². The summed E-state index contributed by atoms with van der Waals surface area (Å²) < 4.78 is 21.8. The molecule has 4 rings (SSSR count). The van der Waals surface area contributed by atoms with E-state index in [4.69, 9.17) is 18.6 Å². The fraction of sp³-hybridized carbons (Fsp3) is 0.207. The Morgan fingerprint density at radius 2 is 1.68 bits per heavy atom. The molecule has 0 radical (unpaired) electrons. The molecule has 0 aliphatic rings. The average molecular weight is 502 g/mol. The molecule has 8 nitrogen and oxygen atoms in total. The number of hydrogen-bond acceptors (Lipinski definition) is 7. The summed E-state index contributed by atoms with van der Waals surface area (Å²) in [5.41, 5.74) is 2.87. The van der Waals surface area contributed by atoms with Gasteiger partial charge in [-0.3, -0.25) is 9.59 Å². The number of fused-ring (bicyclic) bond motifs is 1.